The first-order chi connectivity index (χ1) is 13.7. The van der Waals surface area contributed by atoms with Gasteiger partial charge in [0.25, 0.3) is 0 Å². The van der Waals surface area contributed by atoms with Crippen LogP contribution in [0.1, 0.15) is 72.5 Å². The van der Waals surface area contributed by atoms with Crippen molar-refractivity contribution < 1.29 is 19.4 Å². The molecule has 1 aromatic rings. The first kappa shape index (κ1) is 11.6. The highest BCUT2D eigenvalue weighted by Crippen LogP contribution is 2.15. The number of unbranched alkanes of at least 4 members (excludes halogenated alkanes) is 4. The zero-order valence-corrected chi connectivity index (χ0v) is 14.1. The first-order valence-electron chi connectivity index (χ1n) is 11.9. The molecule has 0 bridgehead atoms. The number of nitrogens with two attached hydrogens (primary N) is 1. The van der Waals surface area contributed by atoms with Crippen LogP contribution in [0.2, 0.25) is 0 Å². The van der Waals surface area contributed by atoms with Crippen molar-refractivity contribution in [3.05, 3.63) is 35.4 Å². The summed E-state index contributed by atoms with van der Waals surface area (Å²) in [6.07, 6.45) is 6.14. The number of hydrogen-bond acceptors (Lipinski definition) is 3. The van der Waals surface area contributed by atoms with Crippen molar-refractivity contribution in [3.8, 4) is 0 Å². The van der Waals surface area contributed by atoms with Crippen LogP contribution in [-0.2, 0) is 17.6 Å². The van der Waals surface area contributed by atoms with Gasteiger partial charge >= 0.3 is 0 Å². The molecule has 0 aliphatic carbocycles. The Bertz CT molecular complexity index is 630. The van der Waals surface area contributed by atoms with E-state index < -0.39 is 25.5 Å². The quantitative estimate of drug-likeness (QED) is 0.541. The van der Waals surface area contributed by atoms with Gasteiger partial charge in [0.2, 0.25) is 0 Å². The minimum atomic E-state index is -2.95. The lowest BCUT2D eigenvalue weighted by molar-refractivity contribution is 0.0817. The van der Waals surface area contributed by atoms with E-state index in [1.54, 1.807) is 0 Å². The Hall–Kier alpha value is -0.900. The Balaban J connectivity index is 2.47. The van der Waals surface area contributed by atoms with Gasteiger partial charge in [-0.15, -0.1) is 0 Å². The molecule has 0 heterocycles. The molecule has 0 aromatic heterocycles. The zero-order valence-electron chi connectivity index (χ0n) is 21.1. The van der Waals surface area contributed by atoms with Gasteiger partial charge < -0.3 is 15.6 Å². The molecule has 1 atom stereocenters. The van der Waals surface area contributed by atoms with Gasteiger partial charge in [-0.25, -0.2) is 0 Å². The smallest absolute Gasteiger partial charge is 0.0665 e. The summed E-state index contributed by atoms with van der Waals surface area (Å²) >= 11 is 0. The maximum Gasteiger partial charge on any atom is 0.0665 e. The standard InChI is InChI=1S/C20H35NO2/c1-3-4-5-6-7-8-9-18-10-12-19(13-11-18)14-15-20(21,16-22)17-23-2/h10-13,22H,3-9,14-17,21H2,1-2H3/i1D3,16D2,17D2. The minimum Gasteiger partial charge on any atom is -0.394 e. The fraction of sp³-hybridized carbons (Fsp3) is 0.700. The number of ether oxygens (including phenoxy) is 1. The molecule has 132 valence electrons. The molecular weight excluding hydrogens is 286 g/mol. The molecule has 1 unspecified atom stereocenters. The minimum absolute atomic E-state index is 0.132. The average Bonchev–Trinajstić information content (AvgIpc) is 2.64. The molecule has 0 saturated carbocycles. The Morgan fingerprint density at radius 2 is 1.70 bits per heavy atom. The fourth-order valence-electron chi connectivity index (χ4n) is 2.51. The first-order valence-corrected chi connectivity index (χ1v) is 8.36. The summed E-state index contributed by atoms with van der Waals surface area (Å²) in [6, 6.07) is 7.78. The van der Waals surface area contributed by atoms with Gasteiger partial charge in [-0.2, -0.15) is 0 Å². The lowest BCUT2D eigenvalue weighted by Gasteiger charge is -2.26. The predicted octanol–water partition coefficient (Wildman–Crippen LogP) is 3.86. The van der Waals surface area contributed by atoms with E-state index in [0.29, 0.717) is 6.42 Å². The summed E-state index contributed by atoms with van der Waals surface area (Å²) in [7, 11) is 1.09. The molecule has 0 fully saturated rings. The van der Waals surface area contributed by atoms with Gasteiger partial charge in [-0.1, -0.05) is 63.2 Å². The number of aryl methyl sites for hydroxylation is 2. The normalized spacial score (nSPS) is 20.2. The topological polar surface area (TPSA) is 55.5 Å². The molecular formula is C20H35NO2. The van der Waals surface area contributed by atoms with Gasteiger partial charge in [-0.05, 0) is 36.8 Å². The molecule has 0 radical (unpaired) electrons. The molecule has 0 aliphatic heterocycles. The van der Waals surface area contributed by atoms with Crippen LogP contribution in [0.3, 0.4) is 0 Å². The summed E-state index contributed by atoms with van der Waals surface area (Å²) in [5.74, 6) is 0. The number of benzene rings is 1. The second-order valence-corrected chi connectivity index (χ2v) is 5.97. The third-order valence-electron chi connectivity index (χ3n) is 3.96. The van der Waals surface area contributed by atoms with E-state index in [2.05, 4.69) is 0 Å². The summed E-state index contributed by atoms with van der Waals surface area (Å²) in [4.78, 5) is 0. The average molecular weight is 329 g/mol. The third kappa shape index (κ3) is 8.50. The molecule has 0 aliphatic rings. The lowest BCUT2D eigenvalue weighted by Crippen LogP contribution is -2.48. The van der Waals surface area contributed by atoms with E-state index in [-0.39, 0.29) is 12.8 Å². The number of hydrogen-bond donors (Lipinski definition) is 2. The molecule has 23 heavy (non-hydrogen) atoms. The molecule has 0 spiro atoms. The van der Waals surface area contributed by atoms with Gasteiger partial charge in [0.1, 0.15) is 0 Å². The van der Waals surface area contributed by atoms with Gasteiger partial charge in [0, 0.05) is 11.2 Å². The number of methoxy groups -OCH3 is 1. The maximum absolute atomic E-state index is 9.80. The van der Waals surface area contributed by atoms with Crippen molar-refractivity contribution in [1.29, 1.82) is 0 Å². The second kappa shape index (κ2) is 11.6. The number of aliphatic hydroxyl groups is 1. The van der Waals surface area contributed by atoms with Crippen LogP contribution in [0.15, 0.2) is 24.3 Å². The molecule has 1 aromatic carbocycles. The molecule has 3 nitrogen and oxygen atoms in total. The van der Waals surface area contributed by atoms with Crippen molar-refractivity contribution in [2.24, 2.45) is 5.73 Å². The highest BCUT2D eigenvalue weighted by Gasteiger charge is 2.23. The Morgan fingerprint density at radius 1 is 1.09 bits per heavy atom. The van der Waals surface area contributed by atoms with Crippen molar-refractivity contribution in [2.75, 3.05) is 20.2 Å². The Labute approximate surface area is 152 Å². The van der Waals surface area contributed by atoms with Gasteiger partial charge in [0.05, 0.1) is 24.1 Å². The van der Waals surface area contributed by atoms with Crippen LogP contribution in [0.4, 0.5) is 0 Å². The fourth-order valence-corrected chi connectivity index (χ4v) is 2.51. The van der Waals surface area contributed by atoms with Gasteiger partial charge in [-0.3, -0.25) is 0 Å². The Kier molecular flexibility index (Phi) is 5.86. The third-order valence-corrected chi connectivity index (χ3v) is 3.96. The lowest BCUT2D eigenvalue weighted by atomic mass is 9.93. The summed E-state index contributed by atoms with van der Waals surface area (Å²) in [5, 5.41) is 9.80. The molecule has 1 rings (SSSR count). The van der Waals surface area contributed by atoms with Crippen molar-refractivity contribution >= 4 is 0 Å². The largest absolute Gasteiger partial charge is 0.394 e. The van der Waals surface area contributed by atoms with Crippen molar-refractivity contribution in [3.63, 3.8) is 0 Å². The highest BCUT2D eigenvalue weighted by atomic mass is 16.5. The molecule has 0 saturated heterocycles. The van der Waals surface area contributed by atoms with E-state index in [0.717, 1.165) is 51.2 Å². The van der Waals surface area contributed by atoms with E-state index in [1.165, 1.54) is 5.56 Å². The van der Waals surface area contributed by atoms with E-state index in [4.69, 9.17) is 20.1 Å². The summed E-state index contributed by atoms with van der Waals surface area (Å²) < 4.78 is 57.1. The van der Waals surface area contributed by atoms with E-state index in [9.17, 15) is 5.11 Å². The molecule has 3 heteroatoms. The second-order valence-electron chi connectivity index (χ2n) is 5.97. The van der Waals surface area contributed by atoms with Crippen LogP contribution in [0.5, 0.6) is 0 Å². The zero-order chi connectivity index (χ0) is 23.1. The number of rotatable bonds is 13. The van der Waals surface area contributed by atoms with Crippen LogP contribution in [0, 0.1) is 0 Å². The Morgan fingerprint density at radius 3 is 2.30 bits per heavy atom. The molecule has 3 N–H and O–H groups in total. The van der Waals surface area contributed by atoms with Crippen LogP contribution in [0.25, 0.3) is 0 Å². The van der Waals surface area contributed by atoms with Crippen molar-refractivity contribution in [2.45, 2.75) is 70.2 Å². The van der Waals surface area contributed by atoms with Crippen LogP contribution >= 0.6 is 0 Å². The monoisotopic (exact) mass is 328 g/mol. The summed E-state index contributed by atoms with van der Waals surface area (Å²) in [6.45, 7) is -7.30. The van der Waals surface area contributed by atoms with E-state index in [1.807, 2.05) is 24.3 Å². The highest BCUT2D eigenvalue weighted by molar-refractivity contribution is 5.23. The molecule has 0 amide bonds. The SMILES string of the molecule is [2H]C([2H])([2H])CCCCCCCc1ccc(CCC(N)(C([2H])([2H])O)C([2H])([2H])OC)cc1. The van der Waals surface area contributed by atoms with Crippen LogP contribution in [-0.4, -0.2) is 30.9 Å². The van der Waals surface area contributed by atoms with Gasteiger partial charge in [0.15, 0.2) is 0 Å². The van der Waals surface area contributed by atoms with E-state index >= 15 is 0 Å². The van der Waals surface area contributed by atoms with Crippen LogP contribution < -0.4 is 5.73 Å². The predicted molar refractivity (Wildman–Crippen MR) is 97.7 cm³/mol. The maximum atomic E-state index is 9.80. The van der Waals surface area contributed by atoms with Crippen molar-refractivity contribution in [1.82, 2.24) is 0 Å². The summed E-state index contributed by atoms with van der Waals surface area (Å²) in [5.41, 5.74) is 5.75.